The maximum absolute atomic E-state index is 13.8. The van der Waals surface area contributed by atoms with Gasteiger partial charge in [0, 0.05) is 91.7 Å². The maximum Gasteiger partial charge on any atom is 0.246 e. The highest BCUT2D eigenvalue weighted by Gasteiger charge is 2.42. The Labute approximate surface area is 449 Å². The van der Waals surface area contributed by atoms with Gasteiger partial charge in [0.15, 0.2) is 0 Å². The number of fused-ring (bicyclic) bond motifs is 2. The molecule has 76 heavy (non-hydrogen) atoms. The first-order chi connectivity index (χ1) is 36.4. The lowest BCUT2D eigenvalue weighted by atomic mass is 9.84. The first-order valence-corrected chi connectivity index (χ1v) is 26.8. The zero-order valence-corrected chi connectivity index (χ0v) is 43.6. The number of H-pyrrole nitrogens is 2. The van der Waals surface area contributed by atoms with Gasteiger partial charge in [0.2, 0.25) is 11.8 Å². The Balaban J connectivity index is 0.000000186. The summed E-state index contributed by atoms with van der Waals surface area (Å²) >= 11 is 12.0. The molecule has 10 rings (SSSR count). The molecule has 0 spiro atoms. The number of halogens is 6. The van der Waals surface area contributed by atoms with Crippen LogP contribution in [0.2, 0.25) is 10.0 Å². The number of β-amino-alcohol motifs (C(OH)–C–C–N with tert-alkyl or cyclic N) is 2. The number of carbonyl (C=O) groups is 2. The zero-order chi connectivity index (χ0) is 53.7. The van der Waals surface area contributed by atoms with Crippen molar-refractivity contribution in [1.82, 2.24) is 29.6 Å². The second-order valence-electron chi connectivity index (χ2n) is 20.9. The minimum Gasteiger partial charge on any atom is -0.389 e. The van der Waals surface area contributed by atoms with Crippen LogP contribution in [0.1, 0.15) is 85.5 Å². The molecule has 4 aromatic carbocycles. The summed E-state index contributed by atoms with van der Waals surface area (Å²) in [5.74, 6) is -1.75. The monoisotopic (exact) mass is 1090 g/mol. The topological polar surface area (TPSA) is 160 Å². The summed E-state index contributed by atoms with van der Waals surface area (Å²) in [6.07, 6.45) is 12.6. The number of aromatic amines is 2. The third-order valence-corrected chi connectivity index (χ3v) is 16.8. The highest BCUT2D eigenvalue weighted by Crippen LogP contribution is 2.37. The first kappa shape index (κ1) is 55.2. The number of hydrogen-bond donors (Lipinski definition) is 6. The molecule has 4 fully saturated rings. The van der Waals surface area contributed by atoms with Gasteiger partial charge in [-0.25, -0.2) is 17.6 Å². The maximum atomic E-state index is 13.8. The Morgan fingerprint density at radius 1 is 0.553 bits per heavy atom. The lowest BCUT2D eigenvalue weighted by molar-refractivity contribution is -0.140. The molecule has 6 heterocycles. The standard InChI is InChI=1S/C29H32Cl2FN3O3.C29H32F3N3O3/c30-24-4-1-19(15-25(24)31)2-6-28(37)35-13-9-29(38,10-14-35)27(36)18-34-11-7-20(8-12-34)23-17-33-26-5-3-21(32)16-22(23)26;30-21-2-3-26-24(16-21)25(17-33-26)20-5-9-34(10-6-20)18-27(36)29(38)7-11-35(12-8-29)28(37)4-1-19-13-22(31)15-23(32)14-19/h1-6,15-17,20,27,33,36,38H,7-14,18H2;1-4,13-17,20,27,33,36,38H,5-12,18H2/b6-2+;4-1+. The normalized spacial score (nSPS) is 19.9. The fourth-order valence-electron chi connectivity index (χ4n) is 11.3. The molecule has 0 radical (unpaired) electrons. The second-order valence-corrected chi connectivity index (χ2v) is 21.8. The van der Waals surface area contributed by atoms with Crippen molar-refractivity contribution >= 4 is 69.0 Å². The van der Waals surface area contributed by atoms with Crippen molar-refractivity contribution in [3.63, 3.8) is 0 Å². The summed E-state index contributed by atoms with van der Waals surface area (Å²) in [5.41, 5.74) is 2.63. The molecular formula is C58H64Cl2F4N6O6. The van der Waals surface area contributed by atoms with Crippen molar-refractivity contribution in [3.05, 3.63) is 153 Å². The van der Waals surface area contributed by atoms with Gasteiger partial charge in [-0.1, -0.05) is 29.3 Å². The quantitative estimate of drug-likeness (QED) is 0.0523. The number of aliphatic hydroxyl groups is 4. The Bertz CT molecular complexity index is 3040. The van der Waals surface area contributed by atoms with E-state index < -0.39 is 35.0 Å². The number of nitrogens with one attached hydrogen (secondary N) is 2. The minimum absolute atomic E-state index is 0.146. The Morgan fingerprint density at radius 3 is 1.39 bits per heavy atom. The first-order valence-electron chi connectivity index (χ1n) is 26.1. The molecule has 0 saturated carbocycles. The molecule has 6 N–H and O–H groups in total. The molecule has 6 aromatic rings. The van der Waals surface area contributed by atoms with Crippen LogP contribution in [0.4, 0.5) is 17.6 Å². The molecule has 2 aromatic heterocycles. The molecule has 4 aliphatic rings. The van der Waals surface area contributed by atoms with E-state index in [1.54, 1.807) is 58.3 Å². The van der Waals surface area contributed by atoms with Crippen molar-refractivity contribution in [2.24, 2.45) is 0 Å². The fraction of sp³-hybridized carbons (Fsp3) is 0.414. The molecular weight excluding hydrogens is 1020 g/mol. The Hall–Kier alpha value is -5.56. The van der Waals surface area contributed by atoms with E-state index >= 15 is 0 Å². The summed E-state index contributed by atoms with van der Waals surface area (Å²) in [6, 6.07) is 17.8. The summed E-state index contributed by atoms with van der Waals surface area (Å²) in [5, 5.41) is 46.9. The number of hydrogen-bond acceptors (Lipinski definition) is 8. The van der Waals surface area contributed by atoms with Gasteiger partial charge in [0.25, 0.3) is 0 Å². The number of amides is 2. The summed E-state index contributed by atoms with van der Waals surface area (Å²) < 4.78 is 54.2. The Morgan fingerprint density at radius 2 is 0.974 bits per heavy atom. The van der Waals surface area contributed by atoms with Crippen LogP contribution in [-0.2, 0) is 9.59 Å². The number of rotatable bonds is 12. The average molecular weight is 1090 g/mol. The van der Waals surface area contributed by atoms with Crippen LogP contribution in [0, 0.1) is 23.3 Å². The van der Waals surface area contributed by atoms with Crippen LogP contribution in [0.15, 0.2) is 97.3 Å². The van der Waals surface area contributed by atoms with Gasteiger partial charge in [-0.05, 0) is 184 Å². The smallest absolute Gasteiger partial charge is 0.246 e. The van der Waals surface area contributed by atoms with Crippen molar-refractivity contribution in [3.8, 4) is 0 Å². The predicted molar refractivity (Wildman–Crippen MR) is 288 cm³/mol. The zero-order valence-electron chi connectivity index (χ0n) is 42.1. The van der Waals surface area contributed by atoms with Crippen LogP contribution < -0.4 is 0 Å². The van der Waals surface area contributed by atoms with E-state index in [0.717, 1.165) is 109 Å². The van der Waals surface area contributed by atoms with Crippen LogP contribution in [0.3, 0.4) is 0 Å². The lowest BCUT2D eigenvalue weighted by Crippen LogP contribution is -2.56. The van der Waals surface area contributed by atoms with Crippen LogP contribution >= 0.6 is 23.2 Å². The van der Waals surface area contributed by atoms with Crippen molar-refractivity contribution in [1.29, 1.82) is 0 Å². The average Bonchev–Trinajstić information content (AvgIpc) is 4.05. The third-order valence-electron chi connectivity index (χ3n) is 16.1. The molecule has 12 nitrogen and oxygen atoms in total. The van der Waals surface area contributed by atoms with Gasteiger partial charge in [0.05, 0.1) is 33.5 Å². The largest absolute Gasteiger partial charge is 0.389 e. The van der Waals surface area contributed by atoms with E-state index in [9.17, 15) is 47.6 Å². The molecule has 0 bridgehead atoms. The van der Waals surface area contributed by atoms with Crippen molar-refractivity contribution in [2.45, 2.75) is 86.6 Å². The van der Waals surface area contributed by atoms with E-state index in [0.29, 0.717) is 60.9 Å². The molecule has 2 amide bonds. The van der Waals surface area contributed by atoms with Crippen molar-refractivity contribution < 1.29 is 47.6 Å². The predicted octanol–water partition coefficient (Wildman–Crippen LogP) is 9.41. The van der Waals surface area contributed by atoms with E-state index in [2.05, 4.69) is 19.8 Å². The SMILES string of the molecule is O=C(/C=C/c1cc(F)cc(F)c1)N1CCC(O)(C(O)CN2CCC(c3c[nH]c4ccc(F)cc34)CC2)CC1.O=C(/C=C/c1ccc(Cl)c(Cl)c1)N1CCC(O)(C(O)CN2CCC(c3c[nH]c4ccc(F)cc34)CC2)CC1. The molecule has 2 atom stereocenters. The van der Waals surface area contributed by atoms with Gasteiger partial charge in [-0.3, -0.25) is 9.59 Å². The number of nitrogens with zero attached hydrogens (tertiary/aromatic N) is 4. The second kappa shape index (κ2) is 24.0. The van der Waals surface area contributed by atoms with Crippen molar-refractivity contribution in [2.75, 3.05) is 65.4 Å². The molecule has 18 heteroatoms. The summed E-state index contributed by atoms with van der Waals surface area (Å²) in [7, 11) is 0. The van der Waals surface area contributed by atoms with Crippen LogP contribution in [0.5, 0.6) is 0 Å². The third kappa shape index (κ3) is 13.2. The molecule has 0 aliphatic carbocycles. The molecule has 4 saturated heterocycles. The number of aromatic nitrogens is 2. The van der Waals surface area contributed by atoms with Gasteiger partial charge in [-0.2, -0.15) is 0 Å². The minimum atomic E-state index is -1.29. The Kier molecular flexibility index (Phi) is 17.4. The summed E-state index contributed by atoms with van der Waals surface area (Å²) in [4.78, 5) is 39.2. The number of carbonyl (C=O) groups excluding carboxylic acids is 2. The lowest BCUT2D eigenvalue weighted by Gasteiger charge is -2.43. The fourth-order valence-corrected chi connectivity index (χ4v) is 11.6. The highest BCUT2D eigenvalue weighted by atomic mass is 35.5. The van der Waals surface area contributed by atoms with E-state index in [1.165, 1.54) is 30.4 Å². The van der Waals surface area contributed by atoms with Gasteiger partial charge in [-0.15, -0.1) is 0 Å². The number of likely N-dealkylation sites (tertiary alicyclic amines) is 4. The van der Waals surface area contributed by atoms with Crippen LogP contribution in [-0.4, -0.2) is 151 Å². The molecule has 404 valence electrons. The molecule has 4 aliphatic heterocycles. The van der Waals surface area contributed by atoms with Crippen LogP contribution in [0.25, 0.3) is 34.0 Å². The number of aliphatic hydroxyl groups excluding tert-OH is 2. The van der Waals surface area contributed by atoms with Gasteiger partial charge < -0.3 is 50.0 Å². The van der Waals surface area contributed by atoms with E-state index in [4.69, 9.17) is 23.2 Å². The summed E-state index contributed by atoms with van der Waals surface area (Å²) in [6.45, 7) is 5.12. The van der Waals surface area contributed by atoms with Gasteiger partial charge >= 0.3 is 0 Å². The molecule has 2 unspecified atom stereocenters. The van der Waals surface area contributed by atoms with E-state index in [-0.39, 0.29) is 54.9 Å². The number of benzene rings is 4. The highest BCUT2D eigenvalue weighted by molar-refractivity contribution is 6.42. The number of piperidine rings is 4. The van der Waals surface area contributed by atoms with E-state index in [1.807, 2.05) is 12.4 Å². The van der Waals surface area contributed by atoms with Gasteiger partial charge in [0.1, 0.15) is 23.3 Å².